The molecule has 1 N–H and O–H groups in total. The van der Waals surface area contributed by atoms with Gasteiger partial charge in [0.15, 0.2) is 4.33 Å². The van der Waals surface area contributed by atoms with E-state index in [1.165, 1.54) is 0 Å². The molecule has 1 atom stereocenters. The second kappa shape index (κ2) is 3.02. The van der Waals surface area contributed by atoms with Crippen LogP contribution < -0.4 is 0 Å². The van der Waals surface area contributed by atoms with E-state index >= 15 is 0 Å². The average Bonchev–Trinajstić information content (AvgIpc) is 2.06. The Bertz CT molecular complexity index is 176. The molecule has 72 valence electrons. The van der Waals surface area contributed by atoms with Crippen LogP contribution >= 0.6 is 23.2 Å². The molecule has 0 spiro atoms. The van der Waals surface area contributed by atoms with Crippen molar-refractivity contribution in [2.45, 2.75) is 43.3 Å². The Morgan fingerprint density at radius 1 is 1.42 bits per heavy atom. The van der Waals surface area contributed by atoms with Crippen molar-refractivity contribution in [1.82, 2.24) is 4.90 Å². The molecule has 0 saturated carbocycles. The number of halogens is 2. The SMILES string of the molecule is CC(C)(C)N1CCC(Cl)(Cl)[C@H]1O. The minimum atomic E-state index is -0.993. The lowest BCUT2D eigenvalue weighted by Gasteiger charge is -2.35. The minimum absolute atomic E-state index is 0.0784. The lowest BCUT2D eigenvalue weighted by molar-refractivity contribution is -0.0216. The van der Waals surface area contributed by atoms with Crippen LogP contribution in [0.2, 0.25) is 0 Å². The number of nitrogens with zero attached hydrogens (tertiary/aromatic N) is 1. The highest BCUT2D eigenvalue weighted by Crippen LogP contribution is 2.40. The van der Waals surface area contributed by atoms with Crippen molar-refractivity contribution >= 4 is 23.2 Å². The third-order valence-corrected chi connectivity index (χ3v) is 2.99. The van der Waals surface area contributed by atoms with E-state index < -0.39 is 10.6 Å². The molecule has 4 heteroatoms. The molecule has 0 radical (unpaired) electrons. The van der Waals surface area contributed by atoms with Crippen LogP contribution in [0.25, 0.3) is 0 Å². The predicted octanol–water partition coefficient (Wildman–Crippen LogP) is 1.98. The van der Waals surface area contributed by atoms with Crippen LogP contribution in [0.15, 0.2) is 0 Å². The fourth-order valence-corrected chi connectivity index (χ4v) is 1.86. The molecule has 1 fully saturated rings. The van der Waals surface area contributed by atoms with Crippen LogP contribution in [0.3, 0.4) is 0 Å². The van der Waals surface area contributed by atoms with E-state index in [1.54, 1.807) is 0 Å². The van der Waals surface area contributed by atoms with Crippen molar-refractivity contribution in [2.75, 3.05) is 6.54 Å². The summed E-state index contributed by atoms with van der Waals surface area (Å²) in [6.07, 6.45) is -0.130. The Kier molecular flexibility index (Phi) is 2.66. The lowest BCUT2D eigenvalue weighted by atomic mass is 10.1. The summed E-state index contributed by atoms with van der Waals surface area (Å²) in [5, 5.41) is 9.71. The Morgan fingerprint density at radius 3 is 2.08 bits per heavy atom. The molecule has 0 aromatic carbocycles. The van der Waals surface area contributed by atoms with Gasteiger partial charge in [-0.2, -0.15) is 0 Å². The topological polar surface area (TPSA) is 23.5 Å². The first kappa shape index (κ1) is 10.6. The van der Waals surface area contributed by atoms with Gasteiger partial charge in [0, 0.05) is 12.1 Å². The third-order valence-electron chi connectivity index (χ3n) is 2.22. The molecule has 0 aromatic rings. The van der Waals surface area contributed by atoms with Gasteiger partial charge in [-0.25, -0.2) is 0 Å². The molecule has 0 amide bonds. The standard InChI is InChI=1S/C8H15Cl2NO/c1-7(2,3)11-5-4-8(9,10)6(11)12/h6,12H,4-5H2,1-3H3/t6-/m1/s1. The maximum atomic E-state index is 9.71. The first-order valence-corrected chi connectivity index (χ1v) is 4.83. The summed E-state index contributed by atoms with van der Waals surface area (Å²) in [5.41, 5.74) is -0.0784. The van der Waals surface area contributed by atoms with Crippen molar-refractivity contribution in [2.24, 2.45) is 0 Å². The number of aliphatic hydroxyl groups is 1. The maximum absolute atomic E-state index is 9.71. The molecule has 1 rings (SSSR count). The van der Waals surface area contributed by atoms with Gasteiger partial charge < -0.3 is 5.11 Å². The quantitative estimate of drug-likeness (QED) is 0.620. The summed E-state index contributed by atoms with van der Waals surface area (Å²) in [4.78, 5) is 1.91. The zero-order chi connectivity index (χ0) is 9.57. The number of likely N-dealkylation sites (tertiary alicyclic amines) is 1. The van der Waals surface area contributed by atoms with Gasteiger partial charge in [0.25, 0.3) is 0 Å². The van der Waals surface area contributed by atoms with Gasteiger partial charge in [0.2, 0.25) is 0 Å². The fourth-order valence-electron chi connectivity index (χ4n) is 1.45. The molecule has 0 bridgehead atoms. The Morgan fingerprint density at radius 2 is 1.92 bits per heavy atom. The van der Waals surface area contributed by atoms with Crippen LogP contribution in [0, 0.1) is 0 Å². The zero-order valence-corrected chi connectivity index (χ0v) is 9.15. The number of rotatable bonds is 0. The molecule has 1 saturated heterocycles. The first-order chi connectivity index (χ1) is 5.25. The van der Waals surface area contributed by atoms with Gasteiger partial charge in [-0.3, -0.25) is 4.90 Å². The summed E-state index contributed by atoms with van der Waals surface area (Å²) < 4.78 is -0.993. The van der Waals surface area contributed by atoms with Gasteiger partial charge in [-0.1, -0.05) is 23.2 Å². The molecular formula is C8H15Cl2NO. The smallest absolute Gasteiger partial charge is 0.158 e. The molecule has 2 nitrogen and oxygen atoms in total. The van der Waals surface area contributed by atoms with Crippen molar-refractivity contribution in [3.05, 3.63) is 0 Å². The molecule has 1 aliphatic rings. The van der Waals surface area contributed by atoms with Gasteiger partial charge in [-0.15, -0.1) is 0 Å². The highest BCUT2D eigenvalue weighted by molar-refractivity contribution is 6.49. The first-order valence-electron chi connectivity index (χ1n) is 4.08. The van der Waals surface area contributed by atoms with Gasteiger partial charge in [-0.05, 0) is 27.2 Å². The van der Waals surface area contributed by atoms with E-state index in [2.05, 4.69) is 0 Å². The minimum Gasteiger partial charge on any atom is -0.375 e. The Labute approximate surface area is 83.4 Å². The second-order valence-electron chi connectivity index (χ2n) is 4.25. The van der Waals surface area contributed by atoms with E-state index in [0.717, 1.165) is 6.54 Å². The second-order valence-corrected chi connectivity index (χ2v) is 5.79. The molecule has 0 unspecified atom stereocenters. The van der Waals surface area contributed by atoms with Gasteiger partial charge in [0.05, 0.1) is 0 Å². The maximum Gasteiger partial charge on any atom is 0.158 e. The predicted molar refractivity (Wildman–Crippen MR) is 51.5 cm³/mol. The largest absolute Gasteiger partial charge is 0.375 e. The molecule has 1 heterocycles. The monoisotopic (exact) mass is 211 g/mol. The Balaban J connectivity index is 2.74. The Hall–Kier alpha value is 0.500. The molecule has 12 heavy (non-hydrogen) atoms. The summed E-state index contributed by atoms with van der Waals surface area (Å²) >= 11 is 11.8. The van der Waals surface area contributed by atoms with Crippen molar-refractivity contribution in [3.63, 3.8) is 0 Å². The van der Waals surface area contributed by atoms with E-state index in [4.69, 9.17) is 23.2 Å². The normalized spacial score (nSPS) is 31.0. The molecular weight excluding hydrogens is 197 g/mol. The molecule has 0 aromatic heterocycles. The summed E-state index contributed by atoms with van der Waals surface area (Å²) in [6.45, 7) is 6.85. The summed E-state index contributed by atoms with van der Waals surface area (Å²) in [5.74, 6) is 0. The number of alkyl halides is 2. The number of hydrogen-bond donors (Lipinski definition) is 1. The number of hydrogen-bond acceptors (Lipinski definition) is 2. The van der Waals surface area contributed by atoms with Crippen LogP contribution in [-0.2, 0) is 0 Å². The number of aliphatic hydroxyl groups excluding tert-OH is 1. The van der Waals surface area contributed by atoms with E-state index in [1.807, 2.05) is 25.7 Å². The van der Waals surface area contributed by atoms with Gasteiger partial charge >= 0.3 is 0 Å². The summed E-state index contributed by atoms with van der Waals surface area (Å²) in [7, 11) is 0. The van der Waals surface area contributed by atoms with Crippen molar-refractivity contribution < 1.29 is 5.11 Å². The molecule has 1 aliphatic heterocycles. The zero-order valence-electron chi connectivity index (χ0n) is 7.64. The van der Waals surface area contributed by atoms with E-state index in [-0.39, 0.29) is 5.54 Å². The van der Waals surface area contributed by atoms with Crippen LogP contribution in [0.4, 0.5) is 0 Å². The third kappa shape index (κ3) is 1.87. The van der Waals surface area contributed by atoms with Crippen LogP contribution in [-0.4, -0.2) is 32.7 Å². The average molecular weight is 212 g/mol. The van der Waals surface area contributed by atoms with E-state index in [0.29, 0.717) is 6.42 Å². The van der Waals surface area contributed by atoms with E-state index in [9.17, 15) is 5.11 Å². The van der Waals surface area contributed by atoms with Gasteiger partial charge in [0.1, 0.15) is 6.23 Å². The van der Waals surface area contributed by atoms with Crippen LogP contribution in [0.5, 0.6) is 0 Å². The highest BCUT2D eigenvalue weighted by Gasteiger charge is 2.47. The summed E-state index contributed by atoms with van der Waals surface area (Å²) in [6, 6.07) is 0. The molecule has 0 aliphatic carbocycles. The van der Waals surface area contributed by atoms with Crippen LogP contribution in [0.1, 0.15) is 27.2 Å². The highest BCUT2D eigenvalue weighted by atomic mass is 35.5. The van der Waals surface area contributed by atoms with Crippen molar-refractivity contribution in [3.8, 4) is 0 Å². The lowest BCUT2D eigenvalue weighted by Crippen LogP contribution is -2.48. The fraction of sp³-hybridized carbons (Fsp3) is 1.00. The van der Waals surface area contributed by atoms with Crippen molar-refractivity contribution in [1.29, 1.82) is 0 Å².